The van der Waals surface area contributed by atoms with Crippen molar-refractivity contribution in [2.24, 2.45) is 7.05 Å². The summed E-state index contributed by atoms with van der Waals surface area (Å²) in [5, 5.41) is 0.702. The second kappa shape index (κ2) is 6.69. The molecule has 0 aliphatic carbocycles. The number of hydrogen-bond donors (Lipinski definition) is 0. The number of piperazine rings is 1. The van der Waals surface area contributed by atoms with Crippen molar-refractivity contribution in [3.63, 3.8) is 0 Å². The first kappa shape index (κ1) is 16.6. The smallest absolute Gasteiger partial charge is 0.296 e. The summed E-state index contributed by atoms with van der Waals surface area (Å²) >= 11 is 6.09. The number of amides is 1. The Hall–Kier alpha value is -2.27. The summed E-state index contributed by atoms with van der Waals surface area (Å²) in [5.41, 5.74) is 2.66. The fraction of sp³-hybridized carbons (Fsp3) is 0.333. The number of carbonyl (C=O) groups excluding carboxylic acids is 2. The van der Waals surface area contributed by atoms with Crippen LogP contribution in [0.15, 0.2) is 36.5 Å². The van der Waals surface area contributed by atoms with Gasteiger partial charge in [0.05, 0.1) is 5.69 Å². The predicted molar refractivity (Wildman–Crippen MR) is 94.7 cm³/mol. The SMILES string of the molecule is Cc1ccc(Cl)cc1N1CCN(C(=O)C(=O)c2cccn2C)CC1. The van der Waals surface area contributed by atoms with Crippen molar-refractivity contribution in [2.45, 2.75) is 6.92 Å². The second-order valence-corrected chi connectivity index (χ2v) is 6.48. The van der Waals surface area contributed by atoms with Crippen molar-refractivity contribution in [2.75, 3.05) is 31.1 Å². The van der Waals surface area contributed by atoms with E-state index in [1.54, 1.807) is 34.8 Å². The molecule has 1 fully saturated rings. The molecule has 0 N–H and O–H groups in total. The number of ketones is 1. The van der Waals surface area contributed by atoms with Crippen molar-refractivity contribution in [1.82, 2.24) is 9.47 Å². The summed E-state index contributed by atoms with van der Waals surface area (Å²) in [5.74, 6) is -0.880. The second-order valence-electron chi connectivity index (χ2n) is 6.04. The molecule has 1 aromatic carbocycles. The highest BCUT2D eigenvalue weighted by atomic mass is 35.5. The third-order valence-electron chi connectivity index (χ3n) is 4.45. The maximum atomic E-state index is 12.4. The molecule has 1 aromatic heterocycles. The van der Waals surface area contributed by atoms with Gasteiger partial charge in [-0.25, -0.2) is 0 Å². The standard InChI is InChI=1S/C18H20ClN3O2/c1-13-5-6-14(19)12-16(13)21-8-10-22(11-9-21)18(24)17(23)15-4-3-7-20(15)2/h3-7,12H,8-11H2,1-2H3. The first-order valence-corrected chi connectivity index (χ1v) is 8.31. The summed E-state index contributed by atoms with van der Waals surface area (Å²) in [6.45, 7) is 4.48. The lowest BCUT2D eigenvalue weighted by Gasteiger charge is -2.36. The number of Topliss-reactive ketones (excluding diaryl/α,β-unsaturated/α-hetero) is 1. The van der Waals surface area contributed by atoms with E-state index < -0.39 is 11.7 Å². The predicted octanol–water partition coefficient (Wildman–Crippen LogP) is 2.52. The zero-order valence-electron chi connectivity index (χ0n) is 13.8. The number of aromatic nitrogens is 1. The van der Waals surface area contributed by atoms with Gasteiger partial charge in [0.2, 0.25) is 0 Å². The Balaban J connectivity index is 1.67. The molecule has 0 unspecified atom stereocenters. The summed E-state index contributed by atoms with van der Waals surface area (Å²) in [6.07, 6.45) is 1.76. The van der Waals surface area contributed by atoms with E-state index >= 15 is 0 Å². The molecule has 3 rings (SSSR count). The molecule has 2 heterocycles. The van der Waals surface area contributed by atoms with E-state index in [1.165, 1.54) is 0 Å². The molecule has 126 valence electrons. The van der Waals surface area contributed by atoms with E-state index in [9.17, 15) is 9.59 Å². The molecular weight excluding hydrogens is 326 g/mol. The van der Waals surface area contributed by atoms with Gasteiger partial charge < -0.3 is 14.4 Å². The van der Waals surface area contributed by atoms with E-state index in [0.717, 1.165) is 11.3 Å². The van der Waals surface area contributed by atoms with E-state index in [1.807, 2.05) is 25.1 Å². The number of halogens is 1. The highest BCUT2D eigenvalue weighted by molar-refractivity contribution is 6.42. The Morgan fingerprint density at radius 3 is 2.42 bits per heavy atom. The minimum absolute atomic E-state index is 0.424. The van der Waals surface area contributed by atoms with Gasteiger partial charge in [0.15, 0.2) is 0 Å². The van der Waals surface area contributed by atoms with Gasteiger partial charge >= 0.3 is 0 Å². The van der Waals surface area contributed by atoms with Crippen LogP contribution in [0.1, 0.15) is 16.1 Å². The van der Waals surface area contributed by atoms with Gasteiger partial charge in [0.25, 0.3) is 11.7 Å². The molecule has 5 nitrogen and oxygen atoms in total. The number of benzene rings is 1. The van der Waals surface area contributed by atoms with Gasteiger partial charge in [-0.05, 0) is 36.8 Å². The molecule has 0 radical (unpaired) electrons. The first-order valence-electron chi connectivity index (χ1n) is 7.93. The Labute approximate surface area is 146 Å². The third kappa shape index (κ3) is 3.17. The maximum absolute atomic E-state index is 12.4. The van der Waals surface area contributed by atoms with E-state index in [4.69, 9.17) is 11.6 Å². The van der Waals surface area contributed by atoms with Crippen LogP contribution >= 0.6 is 11.6 Å². The number of rotatable bonds is 3. The molecule has 24 heavy (non-hydrogen) atoms. The van der Waals surface area contributed by atoms with Crippen LogP contribution in [-0.2, 0) is 11.8 Å². The topological polar surface area (TPSA) is 45.6 Å². The van der Waals surface area contributed by atoms with Gasteiger partial charge in [0.1, 0.15) is 0 Å². The summed E-state index contributed by atoms with van der Waals surface area (Å²) < 4.78 is 1.67. The van der Waals surface area contributed by atoms with Crippen molar-refractivity contribution < 1.29 is 9.59 Å². The lowest BCUT2D eigenvalue weighted by Crippen LogP contribution is -2.51. The van der Waals surface area contributed by atoms with Gasteiger partial charge in [-0.3, -0.25) is 9.59 Å². The molecule has 0 atom stereocenters. The Bertz CT molecular complexity index is 776. The number of carbonyl (C=O) groups is 2. The van der Waals surface area contributed by atoms with Crippen molar-refractivity contribution in [1.29, 1.82) is 0 Å². The van der Waals surface area contributed by atoms with Gasteiger partial charge in [-0.15, -0.1) is 0 Å². The summed E-state index contributed by atoms with van der Waals surface area (Å²) in [6, 6.07) is 9.25. The number of aryl methyl sites for hydroxylation is 2. The molecule has 1 amide bonds. The van der Waals surface area contributed by atoms with Gasteiger partial charge in [-0.1, -0.05) is 17.7 Å². The van der Waals surface area contributed by atoms with Crippen LogP contribution in [0, 0.1) is 6.92 Å². The van der Waals surface area contributed by atoms with Crippen molar-refractivity contribution >= 4 is 29.0 Å². The zero-order valence-corrected chi connectivity index (χ0v) is 14.6. The fourth-order valence-corrected chi connectivity index (χ4v) is 3.19. The molecule has 0 spiro atoms. The minimum atomic E-state index is -0.449. The normalized spacial score (nSPS) is 14.8. The van der Waals surface area contributed by atoms with Crippen LogP contribution in [0.25, 0.3) is 0 Å². The zero-order chi connectivity index (χ0) is 17.3. The van der Waals surface area contributed by atoms with Gasteiger partial charge in [-0.2, -0.15) is 0 Å². The Morgan fingerprint density at radius 2 is 1.79 bits per heavy atom. The van der Waals surface area contributed by atoms with Crippen LogP contribution in [0.5, 0.6) is 0 Å². The molecule has 6 heteroatoms. The minimum Gasteiger partial charge on any atom is -0.368 e. The molecular formula is C18H20ClN3O2. The molecule has 0 saturated carbocycles. The van der Waals surface area contributed by atoms with Crippen molar-refractivity contribution in [3.8, 4) is 0 Å². The molecule has 1 aliphatic heterocycles. The van der Waals surface area contributed by atoms with Gasteiger partial charge in [0, 0.05) is 50.1 Å². The quantitative estimate of drug-likeness (QED) is 0.634. The molecule has 1 aliphatic rings. The maximum Gasteiger partial charge on any atom is 0.296 e. The molecule has 1 saturated heterocycles. The summed E-state index contributed by atoms with van der Waals surface area (Å²) in [4.78, 5) is 28.6. The van der Waals surface area contributed by atoms with Crippen LogP contribution in [0.3, 0.4) is 0 Å². The van der Waals surface area contributed by atoms with Crippen LogP contribution in [0.2, 0.25) is 5.02 Å². The average molecular weight is 346 g/mol. The third-order valence-corrected chi connectivity index (χ3v) is 4.68. The highest BCUT2D eigenvalue weighted by Gasteiger charge is 2.28. The van der Waals surface area contributed by atoms with E-state index in [-0.39, 0.29) is 0 Å². The lowest BCUT2D eigenvalue weighted by molar-refractivity contribution is -0.126. The molecule has 0 bridgehead atoms. The van der Waals surface area contributed by atoms with E-state index in [2.05, 4.69) is 4.90 Å². The Morgan fingerprint density at radius 1 is 1.08 bits per heavy atom. The highest BCUT2D eigenvalue weighted by Crippen LogP contribution is 2.25. The van der Waals surface area contributed by atoms with E-state index in [0.29, 0.717) is 36.9 Å². The average Bonchev–Trinajstić information content (AvgIpc) is 3.02. The van der Waals surface area contributed by atoms with Crippen LogP contribution in [0.4, 0.5) is 5.69 Å². The van der Waals surface area contributed by atoms with Crippen molar-refractivity contribution in [3.05, 3.63) is 52.8 Å². The summed E-state index contributed by atoms with van der Waals surface area (Å²) in [7, 11) is 1.76. The lowest BCUT2D eigenvalue weighted by atomic mass is 10.1. The van der Waals surface area contributed by atoms with Crippen LogP contribution < -0.4 is 4.90 Å². The Kier molecular flexibility index (Phi) is 4.62. The number of hydrogen-bond acceptors (Lipinski definition) is 3. The monoisotopic (exact) mass is 345 g/mol. The first-order chi connectivity index (χ1) is 11.5. The fourth-order valence-electron chi connectivity index (χ4n) is 3.02. The molecule has 2 aromatic rings. The number of nitrogens with zero attached hydrogens (tertiary/aromatic N) is 3. The number of anilines is 1. The van der Waals surface area contributed by atoms with Crippen LogP contribution in [-0.4, -0.2) is 47.3 Å². The largest absolute Gasteiger partial charge is 0.368 e.